The number of hydrogen-bond acceptors (Lipinski definition) is 0. The van der Waals surface area contributed by atoms with Gasteiger partial charge in [-0.15, -0.1) is 0 Å². The zero-order valence-corrected chi connectivity index (χ0v) is 19.0. The van der Waals surface area contributed by atoms with Gasteiger partial charge in [-0.2, -0.15) is 0 Å². The molecule has 3 aromatic rings. The second-order valence-electron chi connectivity index (χ2n) is 11.8. The molecule has 4 aliphatic carbocycles. The minimum atomic E-state index is 0.748. The molecule has 0 radical (unpaired) electrons. The van der Waals surface area contributed by atoms with E-state index in [2.05, 4.69) is 61.5 Å². The zero-order chi connectivity index (χ0) is 20.5. The number of rotatable bonds is 1. The summed E-state index contributed by atoms with van der Waals surface area (Å²) in [5, 5.41) is 5.93. The summed E-state index contributed by atoms with van der Waals surface area (Å²) in [4.78, 5) is 0. The molecular formula is C31H36. The lowest BCUT2D eigenvalue weighted by atomic mass is 9.46. The third kappa shape index (κ3) is 2.86. The SMILES string of the molecule is CC1CC2CCC3CC(c4c5ccccc5cc5ccccc45)CC4CCC(C1)C2C34. The van der Waals surface area contributed by atoms with E-state index in [0.29, 0.717) is 0 Å². The van der Waals surface area contributed by atoms with Crippen LogP contribution < -0.4 is 0 Å². The summed E-state index contributed by atoms with van der Waals surface area (Å²) < 4.78 is 0. The van der Waals surface area contributed by atoms with Crippen molar-refractivity contribution in [1.82, 2.24) is 0 Å². The molecule has 0 nitrogen and oxygen atoms in total. The molecule has 3 aromatic carbocycles. The highest BCUT2D eigenvalue weighted by Crippen LogP contribution is 2.62. The van der Waals surface area contributed by atoms with Crippen molar-refractivity contribution in [3.05, 3.63) is 60.2 Å². The maximum atomic E-state index is 2.54. The van der Waals surface area contributed by atoms with Gasteiger partial charge in [0.15, 0.2) is 0 Å². The number of fused-ring (bicyclic) bond motifs is 2. The molecule has 4 aliphatic rings. The Labute approximate surface area is 187 Å². The van der Waals surface area contributed by atoms with Crippen LogP contribution in [0.25, 0.3) is 21.5 Å². The van der Waals surface area contributed by atoms with E-state index in [1.165, 1.54) is 72.9 Å². The first-order chi connectivity index (χ1) is 15.3. The van der Waals surface area contributed by atoms with Crippen molar-refractivity contribution in [2.45, 2.75) is 64.2 Å². The van der Waals surface area contributed by atoms with E-state index >= 15 is 0 Å². The van der Waals surface area contributed by atoms with E-state index in [-0.39, 0.29) is 0 Å². The summed E-state index contributed by atoms with van der Waals surface area (Å²) in [5.74, 6) is 7.97. The third-order valence-electron chi connectivity index (χ3n) is 10.2. The van der Waals surface area contributed by atoms with Gasteiger partial charge in [0.1, 0.15) is 0 Å². The molecule has 0 aromatic heterocycles. The summed E-state index contributed by atoms with van der Waals surface area (Å²) in [5.41, 5.74) is 1.69. The molecular weight excluding hydrogens is 372 g/mol. The molecule has 31 heavy (non-hydrogen) atoms. The maximum absolute atomic E-state index is 2.54. The van der Waals surface area contributed by atoms with Crippen LogP contribution in [0.1, 0.15) is 69.8 Å². The summed E-state index contributed by atoms with van der Waals surface area (Å²) in [6, 6.07) is 20.8. The van der Waals surface area contributed by atoms with Gasteiger partial charge in [0, 0.05) is 0 Å². The van der Waals surface area contributed by atoms with Crippen LogP contribution in [0.15, 0.2) is 54.6 Å². The van der Waals surface area contributed by atoms with Crippen molar-refractivity contribution in [2.24, 2.45) is 41.4 Å². The first kappa shape index (κ1) is 18.7. The quantitative estimate of drug-likeness (QED) is 0.354. The molecule has 0 amide bonds. The second kappa shape index (κ2) is 7.09. The van der Waals surface area contributed by atoms with Crippen LogP contribution in [0, 0.1) is 41.4 Å². The Hall–Kier alpha value is -1.82. The fourth-order valence-corrected chi connectivity index (χ4v) is 9.43. The molecule has 4 saturated carbocycles. The average Bonchev–Trinajstić information content (AvgIpc) is 2.80. The van der Waals surface area contributed by atoms with E-state index < -0.39 is 0 Å². The Bertz CT molecular complexity index is 1040. The summed E-state index contributed by atoms with van der Waals surface area (Å²) in [7, 11) is 0. The molecule has 0 bridgehead atoms. The normalized spacial score (nSPS) is 39.4. The van der Waals surface area contributed by atoms with Crippen LogP contribution in [0.4, 0.5) is 0 Å². The van der Waals surface area contributed by atoms with Crippen LogP contribution in [0.3, 0.4) is 0 Å². The molecule has 0 heterocycles. The van der Waals surface area contributed by atoms with Crippen molar-refractivity contribution >= 4 is 21.5 Å². The number of hydrogen-bond donors (Lipinski definition) is 0. The fraction of sp³-hybridized carbons (Fsp3) is 0.548. The van der Waals surface area contributed by atoms with Gasteiger partial charge in [-0.1, -0.05) is 55.5 Å². The smallest absolute Gasteiger partial charge is 0.0143 e. The van der Waals surface area contributed by atoms with Gasteiger partial charge in [0.25, 0.3) is 0 Å². The topological polar surface area (TPSA) is 0 Å². The lowest BCUT2D eigenvalue weighted by molar-refractivity contribution is -0.0906. The van der Waals surface area contributed by atoms with Crippen LogP contribution in [-0.4, -0.2) is 0 Å². The lowest BCUT2D eigenvalue weighted by Gasteiger charge is -2.59. The van der Waals surface area contributed by atoms with Crippen molar-refractivity contribution in [2.75, 3.05) is 0 Å². The van der Waals surface area contributed by atoms with Gasteiger partial charge in [-0.05, 0) is 132 Å². The molecule has 0 saturated heterocycles. The van der Waals surface area contributed by atoms with Crippen LogP contribution in [0.2, 0.25) is 0 Å². The standard InChI is InChI=1S/C31H36/c1-19-14-22-10-12-24-17-26(18-25-13-11-23(15-19)29(22)30(24)25)31-27-8-4-2-6-20(27)16-21-7-3-5-9-28(21)31/h2-9,16,19,22-26,29-30H,10-15,17-18H2,1H3. The largest absolute Gasteiger partial charge is 0.0625 e. The van der Waals surface area contributed by atoms with E-state index in [4.69, 9.17) is 0 Å². The van der Waals surface area contributed by atoms with Gasteiger partial charge < -0.3 is 0 Å². The van der Waals surface area contributed by atoms with Gasteiger partial charge in [-0.3, -0.25) is 0 Å². The Morgan fingerprint density at radius 1 is 0.581 bits per heavy atom. The average molecular weight is 409 g/mol. The summed E-state index contributed by atoms with van der Waals surface area (Å²) >= 11 is 0. The molecule has 4 atom stereocenters. The predicted octanol–water partition coefficient (Wildman–Crippen LogP) is 8.59. The Morgan fingerprint density at radius 3 is 1.55 bits per heavy atom. The molecule has 7 rings (SSSR count). The predicted molar refractivity (Wildman–Crippen MR) is 131 cm³/mol. The third-order valence-corrected chi connectivity index (χ3v) is 10.2. The first-order valence-electron chi connectivity index (χ1n) is 13.2. The van der Waals surface area contributed by atoms with Crippen molar-refractivity contribution in [1.29, 1.82) is 0 Å². The van der Waals surface area contributed by atoms with Crippen LogP contribution >= 0.6 is 0 Å². The lowest BCUT2D eigenvalue weighted by Crippen LogP contribution is -2.51. The minimum Gasteiger partial charge on any atom is -0.0625 e. The number of benzene rings is 3. The Kier molecular flexibility index (Phi) is 4.28. The molecule has 160 valence electrons. The van der Waals surface area contributed by atoms with E-state index in [9.17, 15) is 0 Å². The molecule has 0 heteroatoms. The molecule has 4 fully saturated rings. The summed E-state index contributed by atoms with van der Waals surface area (Å²) in [6.07, 6.45) is 12.1. The van der Waals surface area contributed by atoms with E-state index in [1.54, 1.807) is 5.56 Å². The van der Waals surface area contributed by atoms with Crippen molar-refractivity contribution < 1.29 is 0 Å². The molecule has 4 unspecified atom stereocenters. The highest BCUT2D eigenvalue weighted by Gasteiger charge is 2.53. The minimum absolute atomic E-state index is 0.748. The highest BCUT2D eigenvalue weighted by molar-refractivity contribution is 6.02. The van der Waals surface area contributed by atoms with Crippen LogP contribution in [0.5, 0.6) is 0 Å². The summed E-state index contributed by atoms with van der Waals surface area (Å²) in [6.45, 7) is 2.54. The molecule has 0 spiro atoms. The molecule has 0 aliphatic heterocycles. The van der Waals surface area contributed by atoms with Crippen molar-refractivity contribution in [3.8, 4) is 0 Å². The Balaban J connectivity index is 1.31. The zero-order valence-electron chi connectivity index (χ0n) is 19.0. The van der Waals surface area contributed by atoms with Gasteiger partial charge in [-0.25, -0.2) is 0 Å². The maximum Gasteiger partial charge on any atom is -0.0143 e. The van der Waals surface area contributed by atoms with Gasteiger partial charge in [0.2, 0.25) is 0 Å². The monoisotopic (exact) mass is 408 g/mol. The van der Waals surface area contributed by atoms with Crippen LogP contribution in [-0.2, 0) is 0 Å². The fourth-order valence-electron chi connectivity index (χ4n) is 9.43. The second-order valence-corrected chi connectivity index (χ2v) is 11.8. The Morgan fingerprint density at radius 2 is 1.03 bits per heavy atom. The van der Waals surface area contributed by atoms with E-state index in [0.717, 1.165) is 47.3 Å². The van der Waals surface area contributed by atoms with Gasteiger partial charge >= 0.3 is 0 Å². The highest BCUT2D eigenvalue weighted by atomic mass is 14.6. The molecule has 0 N–H and O–H groups in total. The first-order valence-corrected chi connectivity index (χ1v) is 13.2. The van der Waals surface area contributed by atoms with E-state index in [1.807, 2.05) is 0 Å². The van der Waals surface area contributed by atoms with Gasteiger partial charge in [0.05, 0.1) is 0 Å². The van der Waals surface area contributed by atoms with Crippen molar-refractivity contribution in [3.63, 3.8) is 0 Å².